The third-order valence-corrected chi connectivity index (χ3v) is 4.49. The lowest BCUT2D eigenvalue weighted by Gasteiger charge is -2.20. The predicted molar refractivity (Wildman–Crippen MR) is 69.0 cm³/mol. The Kier molecular flexibility index (Phi) is 2.20. The Morgan fingerprint density at radius 3 is 3.32 bits per heavy atom. The molecule has 2 atom stereocenters. The van der Waals surface area contributed by atoms with Crippen LogP contribution in [0.2, 0.25) is 0 Å². The van der Waals surface area contributed by atoms with Gasteiger partial charge < -0.3 is 14.6 Å². The molecule has 4 rings (SSSR count). The zero-order valence-electron chi connectivity index (χ0n) is 10.1. The first-order valence-corrected chi connectivity index (χ1v) is 7.02. The van der Waals surface area contributed by atoms with E-state index in [0.29, 0.717) is 18.2 Å². The number of nitrogens with zero attached hydrogens (tertiary/aromatic N) is 3. The van der Waals surface area contributed by atoms with E-state index in [9.17, 15) is 4.79 Å². The van der Waals surface area contributed by atoms with Gasteiger partial charge in [0.1, 0.15) is 5.51 Å². The summed E-state index contributed by atoms with van der Waals surface area (Å²) >= 11 is 1.49. The Morgan fingerprint density at radius 2 is 2.58 bits per heavy atom. The normalized spacial score (nSPS) is 28.2. The van der Waals surface area contributed by atoms with Crippen molar-refractivity contribution in [3.8, 4) is 0 Å². The van der Waals surface area contributed by atoms with Crippen molar-refractivity contribution in [2.45, 2.75) is 12.0 Å². The molecule has 2 fully saturated rings. The number of likely N-dealkylation sites (tertiary alicyclic amines) is 1. The van der Waals surface area contributed by atoms with Crippen molar-refractivity contribution in [2.24, 2.45) is 5.92 Å². The maximum Gasteiger partial charge on any atom is 0.289 e. The highest BCUT2D eigenvalue weighted by atomic mass is 32.1. The Bertz CT molecular complexity index is 597. The Balaban J connectivity index is 1.48. The van der Waals surface area contributed by atoms with Crippen LogP contribution in [0.3, 0.4) is 0 Å². The second-order valence-corrected chi connectivity index (χ2v) is 5.92. The molecule has 0 radical (unpaired) electrons. The lowest BCUT2D eigenvalue weighted by atomic mass is 10.2. The van der Waals surface area contributed by atoms with Gasteiger partial charge in [0.15, 0.2) is 5.76 Å². The molecule has 7 heteroatoms. The van der Waals surface area contributed by atoms with Crippen LogP contribution in [-0.4, -0.2) is 39.6 Å². The number of furan rings is 1. The number of anilines is 1. The Hall–Kier alpha value is -1.89. The molecule has 0 spiro atoms. The van der Waals surface area contributed by atoms with Gasteiger partial charge in [0.25, 0.3) is 5.91 Å². The summed E-state index contributed by atoms with van der Waals surface area (Å²) in [4.78, 5) is 14.0. The standard InChI is InChI=1S/C12H12N4O2S/c17-10(9-2-1-3-18-9)16-5-8-4-12(8,6-16)14-11-15-13-7-19-11/h1-3,7-8H,4-6H2,(H,14,15)/t8-,12-/m1/s1. The number of piperidine rings is 1. The molecule has 1 aliphatic carbocycles. The molecule has 2 aromatic rings. The number of aromatic nitrogens is 2. The fraction of sp³-hybridized carbons (Fsp3) is 0.417. The molecule has 1 amide bonds. The molecule has 0 bridgehead atoms. The first-order valence-electron chi connectivity index (χ1n) is 6.14. The van der Waals surface area contributed by atoms with E-state index in [2.05, 4.69) is 15.5 Å². The van der Waals surface area contributed by atoms with Crippen LogP contribution in [0.4, 0.5) is 5.13 Å². The molecular formula is C12H12N4O2S. The molecule has 2 aliphatic rings. The third kappa shape index (κ3) is 1.73. The second-order valence-electron chi connectivity index (χ2n) is 5.09. The van der Waals surface area contributed by atoms with Gasteiger partial charge in [-0.1, -0.05) is 11.3 Å². The average Bonchev–Trinajstić information content (AvgIpc) is 2.96. The molecule has 1 saturated heterocycles. The number of amides is 1. The molecule has 6 nitrogen and oxygen atoms in total. The highest BCUT2D eigenvalue weighted by Gasteiger charge is 2.61. The molecule has 3 heterocycles. The fourth-order valence-corrected chi connectivity index (χ4v) is 3.38. The van der Waals surface area contributed by atoms with Crippen LogP contribution >= 0.6 is 11.3 Å². The average molecular weight is 276 g/mol. The monoisotopic (exact) mass is 276 g/mol. The summed E-state index contributed by atoms with van der Waals surface area (Å²) in [7, 11) is 0. The number of fused-ring (bicyclic) bond motifs is 1. The Labute approximate surface area is 113 Å². The molecule has 1 saturated carbocycles. The van der Waals surface area contributed by atoms with Crippen LogP contribution in [0.1, 0.15) is 17.0 Å². The summed E-state index contributed by atoms with van der Waals surface area (Å²) in [5, 5.41) is 12.1. The topological polar surface area (TPSA) is 71.3 Å². The molecule has 0 aromatic carbocycles. The molecule has 0 unspecified atom stereocenters. The molecule has 2 aromatic heterocycles. The van der Waals surface area contributed by atoms with Gasteiger partial charge in [-0.05, 0) is 18.6 Å². The highest BCUT2D eigenvalue weighted by Crippen LogP contribution is 2.51. The maximum atomic E-state index is 12.2. The van der Waals surface area contributed by atoms with Crippen LogP contribution in [0, 0.1) is 5.92 Å². The van der Waals surface area contributed by atoms with Gasteiger partial charge >= 0.3 is 0 Å². The highest BCUT2D eigenvalue weighted by molar-refractivity contribution is 7.13. The van der Waals surface area contributed by atoms with Gasteiger partial charge in [0.05, 0.1) is 11.8 Å². The minimum Gasteiger partial charge on any atom is -0.459 e. The van der Waals surface area contributed by atoms with E-state index in [-0.39, 0.29) is 11.4 Å². The first-order chi connectivity index (χ1) is 9.27. The van der Waals surface area contributed by atoms with E-state index in [1.54, 1.807) is 17.6 Å². The second kappa shape index (κ2) is 3.80. The van der Waals surface area contributed by atoms with Gasteiger partial charge in [-0.25, -0.2) is 0 Å². The zero-order chi connectivity index (χ0) is 12.9. The number of hydrogen-bond donors (Lipinski definition) is 1. The van der Waals surface area contributed by atoms with Crippen molar-refractivity contribution in [3.63, 3.8) is 0 Å². The summed E-state index contributed by atoms with van der Waals surface area (Å²) in [5.74, 6) is 0.887. The van der Waals surface area contributed by atoms with Crippen LogP contribution in [0.5, 0.6) is 0 Å². The van der Waals surface area contributed by atoms with Crippen molar-refractivity contribution >= 4 is 22.4 Å². The van der Waals surface area contributed by atoms with E-state index in [4.69, 9.17) is 4.42 Å². The predicted octanol–water partition coefficient (Wildman–Crippen LogP) is 1.46. The molecule has 1 N–H and O–H groups in total. The minimum atomic E-state index is -0.0318. The quantitative estimate of drug-likeness (QED) is 0.919. The number of nitrogens with one attached hydrogen (secondary N) is 1. The van der Waals surface area contributed by atoms with E-state index >= 15 is 0 Å². The lowest BCUT2D eigenvalue weighted by Crippen LogP contribution is -2.36. The van der Waals surface area contributed by atoms with Gasteiger partial charge in [-0.2, -0.15) is 0 Å². The summed E-state index contributed by atoms with van der Waals surface area (Å²) in [6.45, 7) is 1.49. The van der Waals surface area contributed by atoms with Gasteiger partial charge in [0.2, 0.25) is 5.13 Å². The molecule has 98 valence electrons. The van der Waals surface area contributed by atoms with Crippen molar-refractivity contribution in [2.75, 3.05) is 18.4 Å². The van der Waals surface area contributed by atoms with E-state index in [1.165, 1.54) is 17.6 Å². The lowest BCUT2D eigenvalue weighted by molar-refractivity contribution is 0.0742. The fourth-order valence-electron chi connectivity index (χ4n) is 2.83. The molecule has 19 heavy (non-hydrogen) atoms. The number of carbonyl (C=O) groups is 1. The van der Waals surface area contributed by atoms with Crippen molar-refractivity contribution < 1.29 is 9.21 Å². The first kappa shape index (κ1) is 11.0. The number of carbonyl (C=O) groups excluding carboxylic acids is 1. The number of hydrogen-bond acceptors (Lipinski definition) is 6. The van der Waals surface area contributed by atoms with Gasteiger partial charge in [-0.3, -0.25) is 4.79 Å². The molecule has 1 aliphatic heterocycles. The maximum absolute atomic E-state index is 12.2. The zero-order valence-corrected chi connectivity index (χ0v) is 10.9. The summed E-state index contributed by atoms with van der Waals surface area (Å²) in [6.07, 6.45) is 2.62. The summed E-state index contributed by atoms with van der Waals surface area (Å²) in [5.41, 5.74) is 1.71. The van der Waals surface area contributed by atoms with Crippen LogP contribution in [-0.2, 0) is 0 Å². The SMILES string of the molecule is O=C(c1ccco1)N1C[C@H]2C[C@@]2(Nc2nncs2)C1. The Morgan fingerprint density at radius 1 is 1.63 bits per heavy atom. The molecular weight excluding hydrogens is 264 g/mol. The summed E-state index contributed by atoms with van der Waals surface area (Å²) in [6, 6.07) is 3.44. The van der Waals surface area contributed by atoms with Crippen LogP contribution < -0.4 is 5.32 Å². The van der Waals surface area contributed by atoms with Crippen molar-refractivity contribution in [1.29, 1.82) is 0 Å². The van der Waals surface area contributed by atoms with Crippen LogP contribution in [0.25, 0.3) is 0 Å². The van der Waals surface area contributed by atoms with E-state index in [1.807, 2.05) is 4.90 Å². The van der Waals surface area contributed by atoms with E-state index in [0.717, 1.165) is 18.1 Å². The number of rotatable bonds is 3. The van der Waals surface area contributed by atoms with Gasteiger partial charge in [-0.15, -0.1) is 10.2 Å². The largest absolute Gasteiger partial charge is 0.459 e. The third-order valence-electron chi connectivity index (χ3n) is 3.88. The van der Waals surface area contributed by atoms with Crippen molar-refractivity contribution in [1.82, 2.24) is 15.1 Å². The van der Waals surface area contributed by atoms with Crippen LogP contribution in [0.15, 0.2) is 28.3 Å². The summed E-state index contributed by atoms with van der Waals surface area (Å²) < 4.78 is 5.16. The smallest absolute Gasteiger partial charge is 0.289 e. The van der Waals surface area contributed by atoms with E-state index < -0.39 is 0 Å². The van der Waals surface area contributed by atoms with Gasteiger partial charge in [0, 0.05) is 19.0 Å². The minimum absolute atomic E-state index is 0.00177. The van der Waals surface area contributed by atoms with Crippen molar-refractivity contribution in [3.05, 3.63) is 29.7 Å².